The van der Waals surface area contributed by atoms with Crippen molar-refractivity contribution >= 4 is 5.69 Å². The second-order valence-electron chi connectivity index (χ2n) is 5.99. The fourth-order valence-electron chi connectivity index (χ4n) is 3.70. The Morgan fingerprint density at radius 3 is 2.47 bits per heavy atom. The lowest BCUT2D eigenvalue weighted by Crippen LogP contribution is -2.34. The summed E-state index contributed by atoms with van der Waals surface area (Å²) in [5.74, 6) is 0.970. The van der Waals surface area contributed by atoms with Crippen LogP contribution in [-0.4, -0.2) is 42.3 Å². The first kappa shape index (κ1) is 13.0. The summed E-state index contributed by atoms with van der Waals surface area (Å²) in [5.41, 5.74) is 2.28. The lowest BCUT2D eigenvalue weighted by atomic mass is 10.1. The molecule has 1 aromatic heterocycles. The van der Waals surface area contributed by atoms with Crippen molar-refractivity contribution in [1.82, 2.24) is 10.1 Å². The highest BCUT2D eigenvalue weighted by Crippen LogP contribution is 2.28. The van der Waals surface area contributed by atoms with Gasteiger partial charge in [-0.05, 0) is 59.0 Å². The Hall–Kier alpha value is -1.03. The van der Waals surface area contributed by atoms with Crippen LogP contribution in [-0.2, 0) is 0 Å². The van der Waals surface area contributed by atoms with Crippen LogP contribution >= 0.6 is 0 Å². The van der Waals surface area contributed by atoms with Crippen molar-refractivity contribution in [2.75, 3.05) is 31.1 Å². The Kier molecular flexibility index (Phi) is 3.78. The average molecular weight is 263 g/mol. The highest BCUT2D eigenvalue weighted by Gasteiger charge is 2.26. The summed E-state index contributed by atoms with van der Waals surface area (Å²) in [4.78, 5) is 5.19. The molecule has 19 heavy (non-hydrogen) atoms. The molecular formula is C15H25N3O. The van der Waals surface area contributed by atoms with Crippen LogP contribution in [0.25, 0.3) is 0 Å². The molecule has 3 heterocycles. The van der Waals surface area contributed by atoms with Gasteiger partial charge in [0, 0.05) is 19.1 Å². The topological polar surface area (TPSA) is 32.5 Å². The molecule has 0 amide bonds. The van der Waals surface area contributed by atoms with E-state index >= 15 is 0 Å². The summed E-state index contributed by atoms with van der Waals surface area (Å²) in [6.07, 6.45) is 6.70. The minimum Gasteiger partial charge on any atom is -0.367 e. The standard InChI is InChI=1S/C15H25N3O/c1-12-15(13(2)19-16-12)18-10-5-6-14(7-11-18)17-8-3-4-9-17/h14H,3-11H2,1-2H3. The molecule has 2 aliphatic rings. The molecule has 2 aliphatic heterocycles. The minimum atomic E-state index is 0.799. The van der Waals surface area contributed by atoms with Crippen LogP contribution in [0, 0.1) is 13.8 Å². The van der Waals surface area contributed by atoms with Crippen LogP contribution in [0.15, 0.2) is 4.52 Å². The van der Waals surface area contributed by atoms with Gasteiger partial charge < -0.3 is 14.3 Å². The SMILES string of the molecule is Cc1noc(C)c1N1CCCC(N2CCCC2)CC1. The van der Waals surface area contributed by atoms with Crippen LogP contribution in [0.5, 0.6) is 0 Å². The third-order valence-corrected chi connectivity index (χ3v) is 4.67. The van der Waals surface area contributed by atoms with Crippen LogP contribution < -0.4 is 4.90 Å². The van der Waals surface area contributed by atoms with E-state index in [1.54, 1.807) is 0 Å². The molecule has 0 saturated carbocycles. The number of aromatic nitrogens is 1. The predicted octanol–water partition coefficient (Wildman–Crippen LogP) is 2.75. The van der Waals surface area contributed by atoms with Crippen LogP contribution in [0.4, 0.5) is 5.69 Å². The third kappa shape index (κ3) is 2.64. The molecule has 2 saturated heterocycles. The summed E-state index contributed by atoms with van der Waals surface area (Å²) in [5, 5.41) is 4.09. The maximum absolute atomic E-state index is 5.31. The van der Waals surface area contributed by atoms with Crippen molar-refractivity contribution in [3.8, 4) is 0 Å². The van der Waals surface area contributed by atoms with Crippen molar-refractivity contribution in [2.45, 2.75) is 52.0 Å². The molecule has 106 valence electrons. The molecule has 0 aromatic carbocycles. The van der Waals surface area contributed by atoms with E-state index in [0.29, 0.717) is 0 Å². The first-order chi connectivity index (χ1) is 9.25. The number of likely N-dealkylation sites (tertiary alicyclic amines) is 1. The zero-order valence-electron chi connectivity index (χ0n) is 12.2. The summed E-state index contributed by atoms with van der Waals surface area (Å²) in [6.45, 7) is 9.00. The van der Waals surface area contributed by atoms with Gasteiger partial charge in [-0.2, -0.15) is 0 Å². The van der Waals surface area contributed by atoms with E-state index in [1.807, 2.05) is 6.92 Å². The molecule has 0 radical (unpaired) electrons. The van der Waals surface area contributed by atoms with E-state index in [2.05, 4.69) is 21.9 Å². The van der Waals surface area contributed by atoms with E-state index in [1.165, 1.54) is 50.9 Å². The van der Waals surface area contributed by atoms with E-state index in [9.17, 15) is 0 Å². The highest BCUT2D eigenvalue weighted by molar-refractivity contribution is 5.52. The molecule has 1 aromatic rings. The Labute approximate surface area is 115 Å². The van der Waals surface area contributed by atoms with Crippen molar-refractivity contribution in [1.29, 1.82) is 0 Å². The molecular weight excluding hydrogens is 238 g/mol. The molecule has 0 N–H and O–H groups in total. The van der Waals surface area contributed by atoms with Crippen LogP contribution in [0.2, 0.25) is 0 Å². The van der Waals surface area contributed by atoms with Gasteiger partial charge in [0.15, 0.2) is 5.76 Å². The summed E-state index contributed by atoms with van der Waals surface area (Å²) in [7, 11) is 0. The molecule has 0 bridgehead atoms. The third-order valence-electron chi connectivity index (χ3n) is 4.67. The van der Waals surface area contributed by atoms with Crippen molar-refractivity contribution < 1.29 is 4.52 Å². The van der Waals surface area contributed by atoms with Crippen molar-refractivity contribution in [3.05, 3.63) is 11.5 Å². The van der Waals surface area contributed by atoms with Crippen LogP contribution in [0.3, 0.4) is 0 Å². The molecule has 0 spiro atoms. The fourth-order valence-corrected chi connectivity index (χ4v) is 3.70. The van der Waals surface area contributed by atoms with Crippen molar-refractivity contribution in [3.63, 3.8) is 0 Å². The van der Waals surface area contributed by atoms with Gasteiger partial charge >= 0.3 is 0 Å². The highest BCUT2D eigenvalue weighted by atomic mass is 16.5. The lowest BCUT2D eigenvalue weighted by molar-refractivity contribution is 0.225. The molecule has 1 unspecified atom stereocenters. The first-order valence-electron chi connectivity index (χ1n) is 7.67. The number of aryl methyl sites for hydroxylation is 2. The van der Waals surface area contributed by atoms with Gasteiger partial charge in [0.25, 0.3) is 0 Å². The zero-order valence-corrected chi connectivity index (χ0v) is 12.2. The van der Waals surface area contributed by atoms with E-state index < -0.39 is 0 Å². The number of rotatable bonds is 2. The van der Waals surface area contributed by atoms with Gasteiger partial charge in [-0.15, -0.1) is 0 Å². The number of anilines is 1. The van der Waals surface area contributed by atoms with E-state index in [-0.39, 0.29) is 0 Å². The van der Waals surface area contributed by atoms with Gasteiger partial charge in [-0.1, -0.05) is 5.16 Å². The Morgan fingerprint density at radius 2 is 1.79 bits per heavy atom. The van der Waals surface area contributed by atoms with Gasteiger partial charge in [-0.3, -0.25) is 0 Å². The maximum atomic E-state index is 5.31. The predicted molar refractivity (Wildman–Crippen MR) is 76.6 cm³/mol. The molecule has 4 nitrogen and oxygen atoms in total. The van der Waals surface area contributed by atoms with Gasteiger partial charge in [0.2, 0.25) is 0 Å². The van der Waals surface area contributed by atoms with Gasteiger partial charge in [0.05, 0.1) is 0 Å². The normalized spacial score (nSPS) is 25.8. The Morgan fingerprint density at radius 1 is 1.00 bits per heavy atom. The van der Waals surface area contributed by atoms with Gasteiger partial charge in [-0.25, -0.2) is 0 Å². The summed E-state index contributed by atoms with van der Waals surface area (Å²) in [6, 6.07) is 0.799. The number of hydrogen-bond donors (Lipinski definition) is 0. The average Bonchev–Trinajstić information content (AvgIpc) is 2.97. The smallest absolute Gasteiger partial charge is 0.157 e. The van der Waals surface area contributed by atoms with Crippen molar-refractivity contribution in [2.24, 2.45) is 0 Å². The quantitative estimate of drug-likeness (QED) is 0.821. The maximum Gasteiger partial charge on any atom is 0.157 e. The second kappa shape index (κ2) is 5.53. The summed E-state index contributed by atoms with van der Waals surface area (Å²) >= 11 is 0. The Balaban J connectivity index is 1.67. The fraction of sp³-hybridized carbons (Fsp3) is 0.800. The Bertz CT molecular complexity index is 404. The largest absolute Gasteiger partial charge is 0.367 e. The molecule has 3 rings (SSSR count). The zero-order chi connectivity index (χ0) is 13.2. The molecule has 1 atom stereocenters. The van der Waals surface area contributed by atoms with E-state index in [4.69, 9.17) is 4.52 Å². The first-order valence-corrected chi connectivity index (χ1v) is 7.67. The number of nitrogens with zero attached hydrogens (tertiary/aromatic N) is 3. The second-order valence-corrected chi connectivity index (χ2v) is 5.99. The minimum absolute atomic E-state index is 0.799. The lowest BCUT2D eigenvalue weighted by Gasteiger charge is -2.26. The monoisotopic (exact) mass is 263 g/mol. The molecule has 4 heteroatoms. The summed E-state index contributed by atoms with van der Waals surface area (Å²) < 4.78 is 5.31. The molecule has 2 fully saturated rings. The molecule has 0 aliphatic carbocycles. The van der Waals surface area contributed by atoms with Gasteiger partial charge in [0.1, 0.15) is 11.4 Å². The van der Waals surface area contributed by atoms with E-state index in [0.717, 1.165) is 30.6 Å². The number of hydrogen-bond acceptors (Lipinski definition) is 4. The van der Waals surface area contributed by atoms with Crippen LogP contribution in [0.1, 0.15) is 43.6 Å².